The Morgan fingerprint density at radius 3 is 2.61 bits per heavy atom. The van der Waals surface area contributed by atoms with Gasteiger partial charge in [0.05, 0.1) is 40.9 Å². The molecule has 2 aliphatic heterocycles. The smallest absolute Gasteiger partial charge is 0.237 e. The molecule has 2 aliphatic carbocycles. The molecule has 4 aromatic heterocycles. The Bertz CT molecular complexity index is 2100. The van der Waals surface area contributed by atoms with Crippen LogP contribution in [-0.2, 0) is 34.5 Å². The molecule has 12 heteroatoms. The SMILES string of the molecule is CC(N1CC2(C1)CC1(C2)C(=O)N(C)c2cnc3[nH]c(-c4cnn(CC5CC5)c4)c(-c4ccc5c(cnn5C)c4)c3c21)[SH](=O)=O. The molecular formula is C32H34N8O3S. The van der Waals surface area contributed by atoms with Crippen molar-refractivity contribution in [2.75, 3.05) is 25.0 Å². The number of hydrogen-bond donors (Lipinski definition) is 2. The van der Waals surface area contributed by atoms with Crippen LogP contribution in [0.25, 0.3) is 44.3 Å². The summed E-state index contributed by atoms with van der Waals surface area (Å²) in [4.78, 5) is 26.4. The summed E-state index contributed by atoms with van der Waals surface area (Å²) in [6.45, 7) is 4.06. The predicted molar refractivity (Wildman–Crippen MR) is 168 cm³/mol. The number of nitrogens with zero attached hydrogens (tertiary/aromatic N) is 7. The highest BCUT2D eigenvalue weighted by atomic mass is 32.2. The molecule has 9 rings (SSSR count). The first-order valence-corrected chi connectivity index (χ1v) is 16.6. The van der Waals surface area contributed by atoms with Gasteiger partial charge in [-0.05, 0) is 61.6 Å². The number of anilines is 1. The molecule has 226 valence electrons. The third-order valence-electron chi connectivity index (χ3n) is 10.7. The van der Waals surface area contributed by atoms with Crippen molar-refractivity contribution in [3.05, 3.63) is 48.5 Å². The van der Waals surface area contributed by atoms with Gasteiger partial charge >= 0.3 is 0 Å². The average molecular weight is 611 g/mol. The first kappa shape index (κ1) is 26.4. The van der Waals surface area contributed by atoms with Gasteiger partial charge in [0.25, 0.3) is 0 Å². The van der Waals surface area contributed by atoms with Crippen LogP contribution < -0.4 is 4.90 Å². The first-order chi connectivity index (χ1) is 21.2. The summed E-state index contributed by atoms with van der Waals surface area (Å²) in [5.41, 5.74) is 6.97. The van der Waals surface area contributed by atoms with Crippen LogP contribution in [0.4, 0.5) is 5.69 Å². The van der Waals surface area contributed by atoms with Crippen LogP contribution in [-0.4, -0.2) is 74.3 Å². The minimum atomic E-state index is -2.51. The summed E-state index contributed by atoms with van der Waals surface area (Å²) >= 11 is 0. The Kier molecular flexibility index (Phi) is 5.27. The molecule has 1 unspecified atom stereocenters. The second-order valence-corrected chi connectivity index (χ2v) is 15.0. The second kappa shape index (κ2) is 8.79. The highest BCUT2D eigenvalue weighted by molar-refractivity contribution is 7.73. The fourth-order valence-electron chi connectivity index (χ4n) is 8.40. The van der Waals surface area contributed by atoms with Crippen molar-refractivity contribution in [1.29, 1.82) is 0 Å². The number of H-pyrrole nitrogens is 1. The van der Waals surface area contributed by atoms with E-state index in [1.807, 2.05) is 46.9 Å². The zero-order valence-electron chi connectivity index (χ0n) is 24.9. The Hall–Kier alpha value is -4.03. The van der Waals surface area contributed by atoms with E-state index in [2.05, 4.69) is 34.5 Å². The molecule has 5 aromatic rings. The van der Waals surface area contributed by atoms with Crippen molar-refractivity contribution >= 4 is 44.2 Å². The van der Waals surface area contributed by atoms with E-state index in [0.717, 1.165) is 62.1 Å². The van der Waals surface area contributed by atoms with E-state index in [-0.39, 0.29) is 11.3 Å². The highest BCUT2D eigenvalue weighted by Crippen LogP contribution is 2.66. The molecule has 4 aliphatic rings. The molecule has 0 radical (unpaired) electrons. The Balaban J connectivity index is 1.22. The maximum Gasteiger partial charge on any atom is 0.237 e. The highest BCUT2D eigenvalue weighted by Gasteiger charge is 2.68. The molecule has 3 fully saturated rings. The van der Waals surface area contributed by atoms with Gasteiger partial charge < -0.3 is 9.88 Å². The third kappa shape index (κ3) is 3.55. The number of carbonyl (C=O) groups is 1. The van der Waals surface area contributed by atoms with Crippen LogP contribution in [0.1, 0.15) is 38.2 Å². The number of pyridine rings is 1. The number of thiol groups is 1. The number of rotatable bonds is 6. The fraction of sp³-hybridized carbons (Fsp3) is 0.438. The monoisotopic (exact) mass is 610 g/mol. The van der Waals surface area contributed by atoms with Crippen molar-refractivity contribution in [2.45, 2.75) is 49.9 Å². The number of amides is 1. The quantitative estimate of drug-likeness (QED) is 0.282. The van der Waals surface area contributed by atoms with Crippen LogP contribution in [0.15, 0.2) is 43.0 Å². The van der Waals surface area contributed by atoms with Gasteiger partial charge in [-0.15, -0.1) is 0 Å². The summed E-state index contributed by atoms with van der Waals surface area (Å²) in [5, 5.41) is 10.7. The summed E-state index contributed by atoms with van der Waals surface area (Å²) in [5.74, 6) is 0.803. The van der Waals surface area contributed by atoms with Crippen molar-refractivity contribution < 1.29 is 13.2 Å². The van der Waals surface area contributed by atoms with Gasteiger partial charge in [-0.3, -0.25) is 19.1 Å². The van der Waals surface area contributed by atoms with Gasteiger partial charge in [0.2, 0.25) is 5.91 Å². The van der Waals surface area contributed by atoms with E-state index >= 15 is 0 Å². The van der Waals surface area contributed by atoms with E-state index in [0.29, 0.717) is 31.8 Å². The number of aromatic nitrogens is 6. The van der Waals surface area contributed by atoms with Crippen molar-refractivity contribution in [3.63, 3.8) is 0 Å². The number of aromatic amines is 1. The molecular weight excluding hydrogens is 576 g/mol. The van der Waals surface area contributed by atoms with E-state index in [1.54, 1.807) is 11.8 Å². The van der Waals surface area contributed by atoms with Crippen LogP contribution in [0.5, 0.6) is 0 Å². The molecule has 44 heavy (non-hydrogen) atoms. The molecule has 2 spiro atoms. The topological polar surface area (TPSA) is 122 Å². The lowest BCUT2D eigenvalue weighted by Crippen LogP contribution is -2.70. The number of hydrogen-bond acceptors (Lipinski definition) is 7. The normalized spacial score (nSPS) is 21.1. The van der Waals surface area contributed by atoms with Gasteiger partial charge in [0, 0.05) is 67.4 Å². The second-order valence-electron chi connectivity index (χ2n) is 13.7. The molecule has 1 atom stereocenters. The van der Waals surface area contributed by atoms with Crippen molar-refractivity contribution in [2.24, 2.45) is 18.4 Å². The lowest BCUT2D eigenvalue weighted by molar-refractivity contribution is -0.147. The predicted octanol–water partition coefficient (Wildman–Crippen LogP) is 3.66. The molecule has 2 saturated carbocycles. The van der Waals surface area contributed by atoms with Gasteiger partial charge in [-0.25, -0.2) is 13.4 Å². The van der Waals surface area contributed by atoms with Crippen LogP contribution in [0.2, 0.25) is 0 Å². The third-order valence-corrected chi connectivity index (χ3v) is 11.7. The number of fused-ring (bicyclic) bond motifs is 5. The summed E-state index contributed by atoms with van der Waals surface area (Å²) in [6.07, 6.45) is 11.7. The summed E-state index contributed by atoms with van der Waals surface area (Å²) < 4.78 is 27.2. The van der Waals surface area contributed by atoms with Crippen LogP contribution >= 0.6 is 0 Å². The van der Waals surface area contributed by atoms with Crippen LogP contribution in [0, 0.1) is 11.3 Å². The molecule has 1 saturated heterocycles. The summed E-state index contributed by atoms with van der Waals surface area (Å²) in [6, 6.07) is 6.41. The Morgan fingerprint density at radius 2 is 1.86 bits per heavy atom. The van der Waals surface area contributed by atoms with Gasteiger partial charge in [0.15, 0.2) is 10.7 Å². The zero-order chi connectivity index (χ0) is 30.1. The van der Waals surface area contributed by atoms with E-state index in [4.69, 9.17) is 10.1 Å². The number of likely N-dealkylation sites (tertiary alicyclic amines) is 1. The standard InChI is InChI=1S/C32H34N8O3S/c1-18(44(42)43)39-16-31(17-39)14-32(15-31)27-24(37(2)30(32)41)11-33-29-26(27)25(20-6-7-23-21(8-20)9-34-38(23)3)28(36-29)22-10-35-40(13-22)12-19-4-5-19/h6-11,13,18-19,44H,4-5,12,14-17H2,1-3H3,(H,33,36). The lowest BCUT2D eigenvalue weighted by atomic mass is 9.47. The molecule has 1 amide bonds. The minimum Gasteiger partial charge on any atom is -0.339 e. The van der Waals surface area contributed by atoms with Gasteiger partial charge in [-0.2, -0.15) is 10.2 Å². The number of aryl methyl sites for hydroxylation is 1. The van der Waals surface area contributed by atoms with Gasteiger partial charge in [0.1, 0.15) is 11.0 Å². The lowest BCUT2D eigenvalue weighted by Gasteiger charge is -2.63. The average Bonchev–Trinajstić information content (AvgIpc) is 3.27. The van der Waals surface area contributed by atoms with Gasteiger partial charge in [-0.1, -0.05) is 6.07 Å². The number of likely N-dealkylation sites (N-methyl/N-ethyl adjacent to an activating group) is 1. The molecule has 0 bridgehead atoms. The van der Waals surface area contributed by atoms with Crippen molar-refractivity contribution in [3.8, 4) is 22.4 Å². The minimum absolute atomic E-state index is 0.0504. The Morgan fingerprint density at radius 1 is 1.07 bits per heavy atom. The van der Waals surface area contributed by atoms with Crippen molar-refractivity contribution in [1.82, 2.24) is 34.4 Å². The number of carbonyl (C=O) groups excluding carboxylic acids is 1. The molecule has 1 aromatic carbocycles. The maximum atomic E-state index is 14.1. The Labute approximate surface area is 255 Å². The first-order valence-electron chi connectivity index (χ1n) is 15.3. The molecule has 1 N–H and O–H groups in total. The van der Waals surface area contributed by atoms with E-state index in [1.165, 1.54) is 12.8 Å². The number of benzene rings is 1. The fourth-order valence-corrected chi connectivity index (χ4v) is 8.83. The maximum absolute atomic E-state index is 14.1. The van der Waals surface area contributed by atoms with Crippen LogP contribution in [0.3, 0.4) is 0 Å². The summed E-state index contributed by atoms with van der Waals surface area (Å²) in [7, 11) is 1.28. The van der Waals surface area contributed by atoms with E-state index in [9.17, 15) is 13.2 Å². The molecule has 11 nitrogen and oxygen atoms in total. The van der Waals surface area contributed by atoms with E-state index < -0.39 is 21.5 Å². The number of nitrogens with one attached hydrogen (secondary N) is 1. The molecule has 6 heterocycles. The largest absolute Gasteiger partial charge is 0.339 e. The zero-order valence-corrected chi connectivity index (χ0v) is 25.8.